The van der Waals surface area contributed by atoms with Crippen LogP contribution >= 0.6 is 0 Å². The molecule has 0 aromatic rings. The van der Waals surface area contributed by atoms with Gasteiger partial charge < -0.3 is 10.4 Å². The number of aliphatic carboxylic acids is 1. The van der Waals surface area contributed by atoms with Crippen molar-refractivity contribution >= 4 is 11.9 Å². The topological polar surface area (TPSA) is 66.4 Å². The van der Waals surface area contributed by atoms with Gasteiger partial charge >= 0.3 is 5.97 Å². The molecule has 1 amide bonds. The van der Waals surface area contributed by atoms with Gasteiger partial charge in [-0.05, 0) is 31.1 Å². The largest absolute Gasteiger partial charge is 0.481 e. The van der Waals surface area contributed by atoms with Crippen LogP contribution in [0.25, 0.3) is 0 Å². The normalized spacial score (nSPS) is 33.4. The minimum atomic E-state index is -0.829. The van der Waals surface area contributed by atoms with E-state index in [4.69, 9.17) is 0 Å². The van der Waals surface area contributed by atoms with E-state index < -0.39 is 11.9 Å². The van der Waals surface area contributed by atoms with E-state index in [0.717, 1.165) is 25.7 Å². The highest BCUT2D eigenvalue weighted by atomic mass is 16.4. The van der Waals surface area contributed by atoms with Gasteiger partial charge in [0.2, 0.25) is 5.91 Å². The Morgan fingerprint density at radius 3 is 2.33 bits per heavy atom. The van der Waals surface area contributed by atoms with Gasteiger partial charge in [0.25, 0.3) is 0 Å². The molecule has 1 fully saturated rings. The van der Waals surface area contributed by atoms with Gasteiger partial charge in [0.15, 0.2) is 0 Å². The number of hydrogen-bond donors (Lipinski definition) is 2. The number of carbonyl (C=O) groups excluding carboxylic acids is 1. The van der Waals surface area contributed by atoms with Crippen molar-refractivity contribution in [3.8, 4) is 0 Å². The van der Waals surface area contributed by atoms with Crippen LogP contribution in [0.3, 0.4) is 0 Å². The summed E-state index contributed by atoms with van der Waals surface area (Å²) in [6.07, 6.45) is 7.84. The van der Waals surface area contributed by atoms with E-state index in [2.05, 4.69) is 12.2 Å². The Kier molecular flexibility index (Phi) is 4.04. The Bertz CT molecular complexity index is 364. The Hall–Kier alpha value is -1.32. The van der Waals surface area contributed by atoms with Gasteiger partial charge in [0.05, 0.1) is 11.8 Å². The molecule has 4 unspecified atom stereocenters. The van der Waals surface area contributed by atoms with Crippen molar-refractivity contribution in [3.63, 3.8) is 0 Å². The van der Waals surface area contributed by atoms with E-state index in [1.165, 1.54) is 0 Å². The van der Waals surface area contributed by atoms with E-state index >= 15 is 0 Å². The minimum absolute atomic E-state index is 0.0365. The first kappa shape index (κ1) is 13.1. The van der Waals surface area contributed by atoms with E-state index in [1.54, 1.807) is 0 Å². The zero-order valence-electron chi connectivity index (χ0n) is 10.8. The van der Waals surface area contributed by atoms with Gasteiger partial charge in [-0.25, -0.2) is 0 Å². The third kappa shape index (κ3) is 2.42. The highest BCUT2D eigenvalue weighted by Crippen LogP contribution is 2.44. The summed E-state index contributed by atoms with van der Waals surface area (Å²) in [5.74, 6) is -1.66. The second-order valence-electron chi connectivity index (χ2n) is 5.32. The van der Waals surface area contributed by atoms with E-state index in [-0.39, 0.29) is 23.7 Å². The Morgan fingerprint density at radius 1 is 1.22 bits per heavy atom. The number of amides is 1. The maximum Gasteiger partial charge on any atom is 0.307 e. The Balaban J connectivity index is 2.07. The third-order valence-electron chi connectivity index (χ3n) is 4.17. The molecule has 0 spiro atoms. The number of fused-ring (bicyclic) bond motifs is 2. The molecule has 3 aliphatic carbocycles. The lowest BCUT2D eigenvalue weighted by Crippen LogP contribution is -2.49. The second kappa shape index (κ2) is 5.55. The molecule has 1 saturated carbocycles. The van der Waals surface area contributed by atoms with E-state index in [9.17, 15) is 14.7 Å². The molecule has 3 aliphatic rings. The number of nitrogens with one attached hydrogen (secondary N) is 1. The van der Waals surface area contributed by atoms with Gasteiger partial charge in [-0.1, -0.05) is 25.5 Å². The molecule has 2 bridgehead atoms. The monoisotopic (exact) mass is 251 g/mol. The van der Waals surface area contributed by atoms with Crippen molar-refractivity contribution in [3.05, 3.63) is 12.2 Å². The van der Waals surface area contributed by atoms with Crippen LogP contribution in [0, 0.1) is 23.7 Å². The average molecular weight is 251 g/mol. The molecule has 4 atom stereocenters. The zero-order valence-corrected chi connectivity index (χ0v) is 10.8. The van der Waals surface area contributed by atoms with Gasteiger partial charge in [-0.3, -0.25) is 9.59 Å². The lowest BCUT2D eigenvalue weighted by molar-refractivity contribution is -0.152. The van der Waals surface area contributed by atoms with Crippen molar-refractivity contribution in [2.24, 2.45) is 23.7 Å². The second-order valence-corrected chi connectivity index (χ2v) is 5.32. The maximum atomic E-state index is 12.2. The molecular formula is C14H21NO3. The van der Waals surface area contributed by atoms with Crippen LogP contribution in [0.4, 0.5) is 0 Å². The number of allylic oxidation sites excluding steroid dienone is 2. The molecule has 0 saturated heterocycles. The number of carboxylic acids is 1. The molecular weight excluding hydrogens is 230 g/mol. The third-order valence-corrected chi connectivity index (χ3v) is 4.17. The van der Waals surface area contributed by atoms with Crippen LogP contribution in [0.15, 0.2) is 12.2 Å². The van der Waals surface area contributed by atoms with Crippen molar-refractivity contribution in [1.29, 1.82) is 0 Å². The molecule has 4 nitrogen and oxygen atoms in total. The molecule has 3 rings (SSSR count). The minimum Gasteiger partial charge on any atom is -0.481 e. The molecule has 0 aliphatic heterocycles. The highest BCUT2D eigenvalue weighted by molar-refractivity contribution is 5.86. The van der Waals surface area contributed by atoms with Crippen LogP contribution in [0.5, 0.6) is 0 Å². The van der Waals surface area contributed by atoms with Crippen LogP contribution in [-0.2, 0) is 9.59 Å². The molecule has 0 aromatic heterocycles. The van der Waals surface area contributed by atoms with Crippen molar-refractivity contribution in [1.82, 2.24) is 5.32 Å². The average Bonchev–Trinajstić information content (AvgIpc) is 2.39. The van der Waals surface area contributed by atoms with Gasteiger partial charge in [0, 0.05) is 6.54 Å². The van der Waals surface area contributed by atoms with Crippen LogP contribution in [0.2, 0.25) is 0 Å². The maximum absolute atomic E-state index is 12.2. The summed E-state index contributed by atoms with van der Waals surface area (Å²) >= 11 is 0. The smallest absolute Gasteiger partial charge is 0.307 e. The summed E-state index contributed by atoms with van der Waals surface area (Å²) in [6, 6.07) is 0. The van der Waals surface area contributed by atoms with Gasteiger partial charge in [-0.2, -0.15) is 0 Å². The van der Waals surface area contributed by atoms with Gasteiger partial charge in [-0.15, -0.1) is 0 Å². The molecule has 0 heterocycles. The van der Waals surface area contributed by atoms with Crippen molar-refractivity contribution in [2.75, 3.05) is 6.54 Å². The predicted molar refractivity (Wildman–Crippen MR) is 67.9 cm³/mol. The fourth-order valence-electron chi connectivity index (χ4n) is 3.19. The van der Waals surface area contributed by atoms with Crippen molar-refractivity contribution in [2.45, 2.75) is 32.6 Å². The van der Waals surface area contributed by atoms with Crippen LogP contribution < -0.4 is 5.32 Å². The molecule has 0 aromatic carbocycles. The van der Waals surface area contributed by atoms with E-state index in [0.29, 0.717) is 6.54 Å². The Labute approximate surface area is 107 Å². The molecule has 18 heavy (non-hydrogen) atoms. The lowest BCUT2D eigenvalue weighted by Gasteiger charge is -2.41. The summed E-state index contributed by atoms with van der Waals surface area (Å²) in [6.45, 7) is 2.72. The summed E-state index contributed by atoms with van der Waals surface area (Å²) in [5, 5.41) is 12.2. The number of carbonyl (C=O) groups is 2. The first-order valence-electron chi connectivity index (χ1n) is 6.84. The predicted octanol–water partition coefficient (Wildman–Crippen LogP) is 1.82. The Morgan fingerprint density at radius 2 is 1.83 bits per heavy atom. The highest BCUT2D eigenvalue weighted by Gasteiger charge is 2.47. The van der Waals surface area contributed by atoms with E-state index in [1.807, 2.05) is 12.2 Å². The molecule has 100 valence electrons. The fourth-order valence-corrected chi connectivity index (χ4v) is 3.19. The summed E-state index contributed by atoms with van der Waals surface area (Å²) in [7, 11) is 0. The van der Waals surface area contributed by atoms with Crippen molar-refractivity contribution < 1.29 is 14.7 Å². The van der Waals surface area contributed by atoms with Crippen LogP contribution in [-0.4, -0.2) is 23.5 Å². The van der Waals surface area contributed by atoms with Crippen LogP contribution in [0.1, 0.15) is 32.6 Å². The number of hydrogen-bond acceptors (Lipinski definition) is 2. The molecule has 4 heteroatoms. The number of rotatable bonds is 5. The molecule has 2 N–H and O–H groups in total. The molecule has 0 radical (unpaired) electrons. The lowest BCUT2D eigenvalue weighted by atomic mass is 9.62. The SMILES string of the molecule is CCCCNC(=O)C1C2C=CC(CC2)C1C(=O)O. The number of unbranched alkanes of at least 4 members (excludes halogenated alkanes) is 1. The fraction of sp³-hybridized carbons (Fsp3) is 0.714. The summed E-state index contributed by atoms with van der Waals surface area (Å²) in [5.41, 5.74) is 0. The first-order valence-corrected chi connectivity index (χ1v) is 6.84. The summed E-state index contributed by atoms with van der Waals surface area (Å²) in [4.78, 5) is 23.5. The zero-order chi connectivity index (χ0) is 13.1. The first-order chi connectivity index (χ1) is 8.65. The van der Waals surface area contributed by atoms with Gasteiger partial charge in [0.1, 0.15) is 0 Å². The standard InChI is InChI=1S/C14H21NO3/c1-2-3-8-15-13(16)11-9-4-6-10(7-5-9)12(11)14(17)18/h4,6,9-12H,2-3,5,7-8H2,1H3,(H,15,16)(H,17,18). The number of carboxylic acid groups (broad SMARTS) is 1. The summed E-state index contributed by atoms with van der Waals surface area (Å²) < 4.78 is 0. The quantitative estimate of drug-likeness (QED) is 0.578.